The summed E-state index contributed by atoms with van der Waals surface area (Å²) in [6.45, 7) is 1.01. The average Bonchev–Trinajstić information content (AvgIpc) is 2.46. The second kappa shape index (κ2) is 7.74. The van der Waals surface area contributed by atoms with Gasteiger partial charge in [-0.25, -0.2) is 0 Å². The molecule has 0 amide bonds. The summed E-state index contributed by atoms with van der Waals surface area (Å²) in [4.78, 5) is 0. The molecule has 0 bridgehead atoms. The van der Waals surface area contributed by atoms with Crippen molar-refractivity contribution in [1.29, 1.82) is 0 Å². The lowest BCUT2D eigenvalue weighted by Crippen LogP contribution is -2.02. The van der Waals surface area contributed by atoms with Crippen LogP contribution in [0.3, 0.4) is 0 Å². The Morgan fingerprint density at radius 2 is 1.63 bits per heavy atom. The second-order valence-electron chi connectivity index (χ2n) is 4.21. The van der Waals surface area contributed by atoms with Crippen molar-refractivity contribution in [2.75, 3.05) is 23.9 Å². The van der Waals surface area contributed by atoms with E-state index in [2.05, 4.69) is 23.7 Å². The number of hydrogen-bond acceptors (Lipinski definition) is 3. The first kappa shape index (κ1) is 13.8. The monoisotopic (exact) mass is 273 g/mol. The SMILES string of the molecule is CSCCCNc1ccc(Oc2ccccc2)cc1. The van der Waals surface area contributed by atoms with Crippen LogP contribution in [0.15, 0.2) is 54.6 Å². The Bertz CT molecular complexity index is 470. The van der Waals surface area contributed by atoms with Crippen molar-refractivity contribution in [3.05, 3.63) is 54.6 Å². The molecule has 19 heavy (non-hydrogen) atoms. The van der Waals surface area contributed by atoms with Gasteiger partial charge in [-0.1, -0.05) is 18.2 Å². The summed E-state index contributed by atoms with van der Waals surface area (Å²) in [6, 6.07) is 17.9. The lowest BCUT2D eigenvalue weighted by molar-refractivity contribution is 0.483. The van der Waals surface area contributed by atoms with Crippen molar-refractivity contribution in [3.63, 3.8) is 0 Å². The Balaban J connectivity index is 1.84. The summed E-state index contributed by atoms with van der Waals surface area (Å²) >= 11 is 1.88. The van der Waals surface area contributed by atoms with E-state index in [1.807, 2.05) is 54.2 Å². The fraction of sp³-hybridized carbons (Fsp3) is 0.250. The van der Waals surface area contributed by atoms with Gasteiger partial charge < -0.3 is 10.1 Å². The Kier molecular flexibility index (Phi) is 5.63. The summed E-state index contributed by atoms with van der Waals surface area (Å²) in [5.74, 6) is 2.92. The summed E-state index contributed by atoms with van der Waals surface area (Å²) < 4.78 is 5.75. The first-order valence-electron chi connectivity index (χ1n) is 6.44. The first-order valence-corrected chi connectivity index (χ1v) is 7.83. The number of thioether (sulfide) groups is 1. The van der Waals surface area contributed by atoms with Gasteiger partial charge >= 0.3 is 0 Å². The van der Waals surface area contributed by atoms with E-state index in [1.54, 1.807) is 0 Å². The van der Waals surface area contributed by atoms with Gasteiger partial charge in [0.2, 0.25) is 0 Å². The van der Waals surface area contributed by atoms with E-state index in [0.717, 1.165) is 23.7 Å². The molecule has 0 spiro atoms. The van der Waals surface area contributed by atoms with Gasteiger partial charge in [-0.2, -0.15) is 11.8 Å². The largest absolute Gasteiger partial charge is 0.457 e. The number of para-hydroxylation sites is 1. The quantitative estimate of drug-likeness (QED) is 0.742. The topological polar surface area (TPSA) is 21.3 Å². The molecular formula is C16H19NOS. The highest BCUT2D eigenvalue weighted by atomic mass is 32.2. The van der Waals surface area contributed by atoms with Gasteiger partial charge in [-0.05, 0) is 54.8 Å². The lowest BCUT2D eigenvalue weighted by Gasteiger charge is -2.08. The Hall–Kier alpha value is -1.61. The molecule has 0 aromatic heterocycles. The molecule has 2 aromatic rings. The van der Waals surface area contributed by atoms with Gasteiger partial charge in [-0.3, -0.25) is 0 Å². The van der Waals surface area contributed by atoms with Crippen LogP contribution in [0.1, 0.15) is 6.42 Å². The molecule has 2 rings (SSSR count). The van der Waals surface area contributed by atoms with Crippen LogP contribution in [-0.2, 0) is 0 Å². The minimum Gasteiger partial charge on any atom is -0.457 e. The fourth-order valence-corrected chi connectivity index (χ4v) is 2.15. The summed E-state index contributed by atoms with van der Waals surface area (Å²) in [5.41, 5.74) is 1.14. The van der Waals surface area contributed by atoms with Crippen molar-refractivity contribution < 1.29 is 4.74 Å². The highest BCUT2D eigenvalue weighted by molar-refractivity contribution is 7.98. The highest BCUT2D eigenvalue weighted by Crippen LogP contribution is 2.22. The minimum atomic E-state index is 0.862. The molecule has 2 nitrogen and oxygen atoms in total. The second-order valence-corrected chi connectivity index (χ2v) is 5.20. The zero-order chi connectivity index (χ0) is 13.3. The van der Waals surface area contributed by atoms with E-state index in [1.165, 1.54) is 12.2 Å². The van der Waals surface area contributed by atoms with Crippen LogP contribution in [-0.4, -0.2) is 18.6 Å². The van der Waals surface area contributed by atoms with Gasteiger partial charge in [0.15, 0.2) is 0 Å². The fourth-order valence-electron chi connectivity index (χ4n) is 1.71. The zero-order valence-corrected chi connectivity index (χ0v) is 12.0. The van der Waals surface area contributed by atoms with Crippen molar-refractivity contribution in [2.24, 2.45) is 0 Å². The molecule has 100 valence electrons. The Labute approximate surface area is 119 Å². The van der Waals surface area contributed by atoms with Crippen molar-refractivity contribution in [2.45, 2.75) is 6.42 Å². The molecule has 0 aliphatic heterocycles. The normalized spacial score (nSPS) is 10.2. The van der Waals surface area contributed by atoms with E-state index in [9.17, 15) is 0 Å². The summed E-state index contributed by atoms with van der Waals surface area (Å²) in [7, 11) is 0. The number of benzene rings is 2. The number of anilines is 1. The van der Waals surface area contributed by atoms with Crippen LogP contribution in [0.25, 0.3) is 0 Å². The number of nitrogens with one attached hydrogen (secondary N) is 1. The standard InChI is InChI=1S/C16H19NOS/c1-19-13-5-12-17-14-8-10-16(11-9-14)18-15-6-3-2-4-7-15/h2-4,6-11,17H,5,12-13H2,1H3. The average molecular weight is 273 g/mol. The number of hydrogen-bond donors (Lipinski definition) is 1. The molecular weight excluding hydrogens is 254 g/mol. The van der Waals surface area contributed by atoms with E-state index < -0.39 is 0 Å². The molecule has 2 aromatic carbocycles. The van der Waals surface area contributed by atoms with Crippen LogP contribution >= 0.6 is 11.8 Å². The Morgan fingerprint density at radius 3 is 2.32 bits per heavy atom. The van der Waals surface area contributed by atoms with Crippen molar-refractivity contribution in [1.82, 2.24) is 0 Å². The maximum Gasteiger partial charge on any atom is 0.127 e. The van der Waals surface area contributed by atoms with Crippen LogP contribution in [0.2, 0.25) is 0 Å². The van der Waals surface area contributed by atoms with Gasteiger partial charge in [0.25, 0.3) is 0 Å². The van der Waals surface area contributed by atoms with E-state index in [-0.39, 0.29) is 0 Å². The maximum atomic E-state index is 5.75. The molecule has 0 saturated heterocycles. The molecule has 0 unspecified atom stereocenters. The third-order valence-electron chi connectivity index (χ3n) is 2.69. The summed E-state index contributed by atoms with van der Waals surface area (Å²) in [5, 5.41) is 3.40. The number of ether oxygens (including phenoxy) is 1. The van der Waals surface area contributed by atoms with Gasteiger partial charge in [-0.15, -0.1) is 0 Å². The molecule has 0 radical (unpaired) electrons. The smallest absolute Gasteiger partial charge is 0.127 e. The van der Waals surface area contributed by atoms with Crippen LogP contribution < -0.4 is 10.1 Å². The predicted octanol–water partition coefficient (Wildman–Crippen LogP) is 4.64. The molecule has 0 atom stereocenters. The molecule has 0 saturated carbocycles. The van der Waals surface area contributed by atoms with Crippen LogP contribution in [0.5, 0.6) is 11.5 Å². The lowest BCUT2D eigenvalue weighted by atomic mass is 10.3. The molecule has 0 aliphatic carbocycles. The molecule has 0 heterocycles. The van der Waals surface area contributed by atoms with E-state index in [4.69, 9.17) is 4.74 Å². The Morgan fingerprint density at radius 1 is 0.947 bits per heavy atom. The van der Waals surface area contributed by atoms with Gasteiger partial charge in [0.1, 0.15) is 11.5 Å². The highest BCUT2D eigenvalue weighted by Gasteiger charge is 1.97. The van der Waals surface area contributed by atoms with E-state index in [0.29, 0.717) is 0 Å². The van der Waals surface area contributed by atoms with Crippen molar-refractivity contribution >= 4 is 17.4 Å². The van der Waals surface area contributed by atoms with Crippen LogP contribution in [0, 0.1) is 0 Å². The molecule has 1 N–H and O–H groups in total. The predicted molar refractivity (Wildman–Crippen MR) is 84.4 cm³/mol. The molecule has 0 aliphatic rings. The van der Waals surface area contributed by atoms with E-state index >= 15 is 0 Å². The minimum absolute atomic E-state index is 0.862. The molecule has 0 fully saturated rings. The van der Waals surface area contributed by atoms with Crippen molar-refractivity contribution in [3.8, 4) is 11.5 Å². The number of rotatable bonds is 7. The van der Waals surface area contributed by atoms with Crippen LogP contribution in [0.4, 0.5) is 5.69 Å². The summed E-state index contributed by atoms with van der Waals surface area (Å²) in [6.07, 6.45) is 3.32. The molecule has 3 heteroatoms. The third kappa shape index (κ3) is 4.87. The third-order valence-corrected chi connectivity index (χ3v) is 3.38. The van der Waals surface area contributed by atoms with Gasteiger partial charge in [0.05, 0.1) is 0 Å². The zero-order valence-electron chi connectivity index (χ0n) is 11.1. The first-order chi connectivity index (χ1) is 9.38. The maximum absolute atomic E-state index is 5.75. The van der Waals surface area contributed by atoms with Gasteiger partial charge in [0, 0.05) is 12.2 Å².